The summed E-state index contributed by atoms with van der Waals surface area (Å²) in [5.74, 6) is -0.244. The molecule has 0 spiro atoms. The highest BCUT2D eigenvalue weighted by Gasteiger charge is 2.08. The number of ether oxygens (including phenoxy) is 2. The third-order valence-electron chi connectivity index (χ3n) is 2.06. The van der Waals surface area contributed by atoms with Crippen molar-refractivity contribution in [2.24, 2.45) is 0 Å². The van der Waals surface area contributed by atoms with Crippen molar-refractivity contribution in [1.82, 2.24) is 10.3 Å². The molecule has 1 aromatic heterocycles. The fraction of sp³-hybridized carbons (Fsp3) is 0.455. The molecular formula is C11H18ClN3O3. The molecule has 0 aliphatic heterocycles. The van der Waals surface area contributed by atoms with Crippen LogP contribution in [0.5, 0.6) is 0 Å². The first kappa shape index (κ1) is 16.6. The number of carbonyl (C=O) groups excluding carboxylic acids is 1. The molecule has 0 saturated carbocycles. The number of methoxy groups -OCH3 is 1. The van der Waals surface area contributed by atoms with E-state index >= 15 is 0 Å². The monoisotopic (exact) mass is 275 g/mol. The molecule has 0 aliphatic carbocycles. The van der Waals surface area contributed by atoms with Crippen LogP contribution in [0.1, 0.15) is 10.4 Å². The van der Waals surface area contributed by atoms with E-state index in [1.54, 1.807) is 19.4 Å². The molecule has 1 heterocycles. The number of nitrogens with one attached hydrogen (secondary N) is 1. The minimum absolute atomic E-state index is 0. The number of pyridine rings is 1. The Morgan fingerprint density at radius 1 is 1.44 bits per heavy atom. The lowest BCUT2D eigenvalue weighted by Crippen LogP contribution is -2.28. The van der Waals surface area contributed by atoms with Crippen molar-refractivity contribution in [2.75, 3.05) is 39.2 Å². The van der Waals surface area contributed by atoms with Crippen LogP contribution in [0.4, 0.5) is 5.69 Å². The Morgan fingerprint density at radius 3 is 2.89 bits per heavy atom. The van der Waals surface area contributed by atoms with Crippen molar-refractivity contribution < 1.29 is 14.3 Å². The van der Waals surface area contributed by atoms with Gasteiger partial charge in [-0.15, -0.1) is 12.4 Å². The molecule has 1 rings (SSSR count). The fourth-order valence-electron chi connectivity index (χ4n) is 1.17. The topological polar surface area (TPSA) is 86.5 Å². The second-order valence-electron chi connectivity index (χ2n) is 3.32. The van der Waals surface area contributed by atoms with Gasteiger partial charge in [-0.1, -0.05) is 0 Å². The number of nitrogens with zero attached hydrogens (tertiary/aromatic N) is 1. The van der Waals surface area contributed by atoms with Gasteiger partial charge in [-0.2, -0.15) is 0 Å². The molecule has 18 heavy (non-hydrogen) atoms. The molecule has 3 N–H and O–H groups in total. The van der Waals surface area contributed by atoms with Crippen LogP contribution in [0.15, 0.2) is 18.5 Å². The largest absolute Gasteiger partial charge is 0.398 e. The van der Waals surface area contributed by atoms with Crippen LogP contribution in [0.25, 0.3) is 0 Å². The van der Waals surface area contributed by atoms with Gasteiger partial charge in [0.2, 0.25) is 0 Å². The standard InChI is InChI=1S/C11H17N3O3.ClH/c1-16-6-7-17-5-4-14-11(15)9-8-13-3-2-10(9)12;/h2-3,8H,4-7H2,1H3,(H2,12,13)(H,14,15);1H. The van der Waals surface area contributed by atoms with Gasteiger partial charge in [0, 0.05) is 31.7 Å². The summed E-state index contributed by atoms with van der Waals surface area (Å²) in [6.07, 6.45) is 2.98. The molecule has 7 heteroatoms. The van der Waals surface area contributed by atoms with Gasteiger partial charge in [0.15, 0.2) is 0 Å². The average Bonchev–Trinajstić information content (AvgIpc) is 2.34. The van der Waals surface area contributed by atoms with Gasteiger partial charge < -0.3 is 20.5 Å². The zero-order valence-corrected chi connectivity index (χ0v) is 11.0. The van der Waals surface area contributed by atoms with E-state index < -0.39 is 0 Å². The van der Waals surface area contributed by atoms with Crippen LogP contribution >= 0.6 is 12.4 Å². The predicted octanol–water partition coefficient (Wildman–Crippen LogP) is 0.478. The smallest absolute Gasteiger partial charge is 0.255 e. The van der Waals surface area contributed by atoms with Gasteiger partial charge in [-0.05, 0) is 6.07 Å². The molecule has 0 aromatic carbocycles. The third-order valence-corrected chi connectivity index (χ3v) is 2.06. The number of carbonyl (C=O) groups is 1. The molecule has 0 bridgehead atoms. The number of amides is 1. The SMILES string of the molecule is COCCOCCNC(=O)c1cnccc1N.Cl. The van der Waals surface area contributed by atoms with E-state index in [4.69, 9.17) is 15.2 Å². The lowest BCUT2D eigenvalue weighted by molar-refractivity contribution is 0.0693. The van der Waals surface area contributed by atoms with Gasteiger partial charge in [-0.3, -0.25) is 9.78 Å². The number of nitrogen functional groups attached to an aromatic ring is 1. The van der Waals surface area contributed by atoms with E-state index in [1.165, 1.54) is 6.20 Å². The summed E-state index contributed by atoms with van der Waals surface area (Å²) in [6, 6.07) is 1.59. The maximum Gasteiger partial charge on any atom is 0.255 e. The van der Waals surface area contributed by atoms with Crippen LogP contribution < -0.4 is 11.1 Å². The lowest BCUT2D eigenvalue weighted by Gasteiger charge is -2.07. The Labute approximate surface area is 112 Å². The Hall–Kier alpha value is -1.37. The van der Waals surface area contributed by atoms with E-state index in [9.17, 15) is 4.79 Å². The van der Waals surface area contributed by atoms with Crippen LogP contribution in [0, 0.1) is 0 Å². The second kappa shape index (κ2) is 9.64. The summed E-state index contributed by atoms with van der Waals surface area (Å²) >= 11 is 0. The first-order valence-electron chi connectivity index (χ1n) is 5.30. The molecule has 0 aliphatic rings. The number of rotatable bonds is 7. The highest BCUT2D eigenvalue weighted by molar-refractivity contribution is 5.98. The number of nitrogens with two attached hydrogens (primary N) is 1. The molecular weight excluding hydrogens is 258 g/mol. The molecule has 102 valence electrons. The van der Waals surface area contributed by atoms with Gasteiger partial charge in [0.05, 0.1) is 25.4 Å². The van der Waals surface area contributed by atoms with E-state index in [1.807, 2.05) is 0 Å². The Morgan fingerprint density at radius 2 is 2.22 bits per heavy atom. The number of aromatic nitrogens is 1. The molecule has 1 aromatic rings. The normalized spacial score (nSPS) is 9.61. The maximum absolute atomic E-state index is 11.6. The molecule has 0 unspecified atom stereocenters. The molecule has 1 amide bonds. The van der Waals surface area contributed by atoms with Crippen molar-refractivity contribution in [3.8, 4) is 0 Å². The Kier molecular flexibility index (Phi) is 8.91. The van der Waals surface area contributed by atoms with E-state index in [2.05, 4.69) is 10.3 Å². The van der Waals surface area contributed by atoms with Crippen LogP contribution in [0.3, 0.4) is 0 Å². The minimum atomic E-state index is -0.244. The van der Waals surface area contributed by atoms with Crippen molar-refractivity contribution in [3.63, 3.8) is 0 Å². The lowest BCUT2D eigenvalue weighted by atomic mass is 10.2. The summed E-state index contributed by atoms with van der Waals surface area (Å²) in [5, 5.41) is 2.69. The summed E-state index contributed by atoms with van der Waals surface area (Å²) in [5.41, 5.74) is 6.44. The number of halogens is 1. The Balaban J connectivity index is 0.00000289. The summed E-state index contributed by atoms with van der Waals surface area (Å²) in [6.45, 7) is 1.93. The zero-order valence-electron chi connectivity index (χ0n) is 10.2. The molecule has 6 nitrogen and oxygen atoms in total. The number of anilines is 1. The zero-order chi connectivity index (χ0) is 12.5. The number of hydrogen-bond donors (Lipinski definition) is 2. The van der Waals surface area contributed by atoms with Crippen molar-refractivity contribution in [3.05, 3.63) is 24.0 Å². The second-order valence-corrected chi connectivity index (χ2v) is 3.32. The molecule has 0 atom stereocenters. The Bertz CT molecular complexity index is 363. The van der Waals surface area contributed by atoms with Crippen molar-refractivity contribution >= 4 is 24.0 Å². The first-order valence-corrected chi connectivity index (χ1v) is 5.30. The predicted molar refractivity (Wildman–Crippen MR) is 70.9 cm³/mol. The molecule has 0 fully saturated rings. The highest BCUT2D eigenvalue weighted by Crippen LogP contribution is 2.07. The van der Waals surface area contributed by atoms with Gasteiger partial charge in [0.25, 0.3) is 5.91 Å². The molecule has 0 radical (unpaired) electrons. The molecule has 0 saturated heterocycles. The minimum Gasteiger partial charge on any atom is -0.398 e. The van der Waals surface area contributed by atoms with E-state index in [0.29, 0.717) is 37.6 Å². The third kappa shape index (κ3) is 5.81. The van der Waals surface area contributed by atoms with E-state index in [-0.39, 0.29) is 18.3 Å². The van der Waals surface area contributed by atoms with Crippen LogP contribution in [0.2, 0.25) is 0 Å². The average molecular weight is 276 g/mol. The number of hydrogen-bond acceptors (Lipinski definition) is 5. The highest BCUT2D eigenvalue weighted by atomic mass is 35.5. The maximum atomic E-state index is 11.6. The van der Waals surface area contributed by atoms with Gasteiger partial charge in [-0.25, -0.2) is 0 Å². The van der Waals surface area contributed by atoms with Crippen LogP contribution in [-0.2, 0) is 9.47 Å². The summed E-state index contributed by atoms with van der Waals surface area (Å²) < 4.78 is 10.0. The quantitative estimate of drug-likeness (QED) is 0.707. The fourth-order valence-corrected chi connectivity index (χ4v) is 1.17. The van der Waals surface area contributed by atoms with Crippen molar-refractivity contribution in [2.45, 2.75) is 0 Å². The van der Waals surface area contributed by atoms with E-state index in [0.717, 1.165) is 0 Å². The summed E-state index contributed by atoms with van der Waals surface area (Å²) in [7, 11) is 1.61. The van der Waals surface area contributed by atoms with Crippen LogP contribution in [-0.4, -0.2) is 44.4 Å². The van der Waals surface area contributed by atoms with Gasteiger partial charge in [0.1, 0.15) is 0 Å². The van der Waals surface area contributed by atoms with Gasteiger partial charge >= 0.3 is 0 Å². The summed E-state index contributed by atoms with van der Waals surface area (Å²) in [4.78, 5) is 15.5. The first-order chi connectivity index (χ1) is 8.25. The van der Waals surface area contributed by atoms with Crippen molar-refractivity contribution in [1.29, 1.82) is 0 Å².